The molecule has 5 aromatic rings. The number of fused-ring (bicyclic) bond motifs is 1. The van der Waals surface area contributed by atoms with Crippen molar-refractivity contribution >= 4 is 141 Å². The van der Waals surface area contributed by atoms with Crippen LogP contribution in [-0.4, -0.2) is 274 Å². The maximum Gasteiger partial charge on any atom is 0.326 e. The molecule has 3 aromatic carbocycles. The number of nitrogens with zero attached hydrogens (tertiary/aromatic N) is 1. The van der Waals surface area contributed by atoms with E-state index < -0.39 is 264 Å². The van der Waals surface area contributed by atoms with Crippen LogP contribution < -0.4 is 90.8 Å². The highest BCUT2D eigenvalue weighted by atomic mass is 32.2. The summed E-state index contributed by atoms with van der Waals surface area (Å²) in [5, 5.41) is 91.9. The van der Waals surface area contributed by atoms with E-state index in [4.69, 9.17) is 5.73 Å². The highest BCUT2D eigenvalue weighted by Gasteiger charge is 2.42. The van der Waals surface area contributed by atoms with Crippen molar-refractivity contribution in [1.29, 1.82) is 0 Å². The number of unbranched alkanes of at least 4 members (excludes halogenated alkanes) is 1. The number of carbonyl (C=O) groups is 20. The average molecular weight is 2020 g/mol. The van der Waals surface area contributed by atoms with Crippen molar-refractivity contribution in [3.8, 4) is 5.75 Å². The van der Waals surface area contributed by atoms with Crippen molar-refractivity contribution in [3.05, 3.63) is 120 Å². The second-order valence-corrected chi connectivity index (χ2v) is 37.5. The van der Waals surface area contributed by atoms with Crippen molar-refractivity contribution < 1.29 is 121 Å². The number of imidazole rings is 1. The van der Waals surface area contributed by atoms with Crippen LogP contribution in [0.3, 0.4) is 0 Å². The minimum Gasteiger partial charge on any atom is -0.508 e. The molecule has 0 spiro atoms. The number of thioether (sulfide) groups is 1. The topological polar surface area (TPSA) is 706 Å². The van der Waals surface area contributed by atoms with Crippen LogP contribution in [-0.2, 0) is 122 Å². The number of hydrogen-bond donors (Lipinski definition) is 24. The molecule has 0 bridgehead atoms. The molecule has 788 valence electrons. The van der Waals surface area contributed by atoms with E-state index in [0.29, 0.717) is 28.9 Å². The Morgan fingerprint density at radius 3 is 1.27 bits per heavy atom. The molecule has 0 saturated heterocycles. The van der Waals surface area contributed by atoms with Gasteiger partial charge in [0.05, 0.1) is 19.2 Å². The van der Waals surface area contributed by atoms with E-state index in [1.54, 1.807) is 122 Å². The van der Waals surface area contributed by atoms with Crippen LogP contribution in [0.4, 0.5) is 0 Å². The zero-order valence-electron chi connectivity index (χ0n) is 82.4. The number of hydrogen-bond acceptors (Lipinski definition) is 24. The molecule has 0 saturated carbocycles. The second-order valence-electron chi connectivity index (χ2n) is 36.5. The number of phenolic OH excluding ortho intramolecular Hbond substituents is 1. The molecular formula is C97H144N20O25S. The summed E-state index contributed by atoms with van der Waals surface area (Å²) in [5.74, 6) is -24.2. The lowest BCUT2D eigenvalue weighted by Crippen LogP contribution is -2.62. The van der Waals surface area contributed by atoms with E-state index in [0.717, 1.165) is 10.9 Å². The fourth-order valence-corrected chi connectivity index (χ4v) is 15.6. The highest BCUT2D eigenvalue weighted by Crippen LogP contribution is 2.23. The largest absolute Gasteiger partial charge is 0.508 e. The van der Waals surface area contributed by atoms with Gasteiger partial charge in [-0.1, -0.05) is 150 Å². The molecule has 2 aromatic heterocycles. The van der Waals surface area contributed by atoms with Gasteiger partial charge in [0.15, 0.2) is 0 Å². The number of aliphatic carboxylic acids is 4. The second kappa shape index (κ2) is 60.9. The minimum absolute atomic E-state index is 0. The third-order valence-corrected chi connectivity index (χ3v) is 24.1. The first-order chi connectivity index (χ1) is 67.1. The SMILES string of the molecule is C.CCC(C)C(NC(=O)C(CC(=O)O)NC(=O)C(CC(C)C)NC(=O)C(Cc1cnc[nH]1)NC(=O)C(C)NC(=O)C(Cc1ccccc1)NC(=O)C(Cc1ccc(O)cc1)NC(=O)C(NC(=O)C(C)NC(=O)C(CCC(=O)O)NC(=O)C(CCCCN)NC(=O)C(CC(=O)O)NC(=O)C(CCSC)NC(=O)C(CC(C)C)NC(C)=O)C(C)C)C(=O)NC(C(=O)NC(Cc1c[nH]c2ccccc12)C(=O)O)C(C)CC. The number of phenols is 1. The summed E-state index contributed by atoms with van der Waals surface area (Å²) >= 11 is 1.30. The van der Waals surface area contributed by atoms with Crippen LogP contribution in [0.5, 0.6) is 5.75 Å². The summed E-state index contributed by atoms with van der Waals surface area (Å²) in [6, 6.07) is -4.20. The molecule has 45 nitrogen and oxygen atoms in total. The maximum absolute atomic E-state index is 15.1. The third-order valence-electron chi connectivity index (χ3n) is 23.5. The monoisotopic (exact) mass is 2020 g/mol. The number of rotatable bonds is 63. The molecule has 18 atom stereocenters. The van der Waals surface area contributed by atoms with E-state index in [1.807, 2.05) is 0 Å². The summed E-state index contributed by atoms with van der Waals surface area (Å²) in [7, 11) is 0. The number of aromatic amines is 2. The lowest BCUT2D eigenvalue weighted by atomic mass is 9.94. The molecule has 0 aliphatic rings. The van der Waals surface area contributed by atoms with E-state index in [9.17, 15) is 117 Å². The van der Waals surface area contributed by atoms with E-state index in [2.05, 4.69) is 100 Å². The molecular weight excluding hydrogens is 1880 g/mol. The van der Waals surface area contributed by atoms with Gasteiger partial charge in [-0.2, -0.15) is 11.8 Å². The predicted octanol–water partition coefficient (Wildman–Crippen LogP) is 0.941. The van der Waals surface area contributed by atoms with Gasteiger partial charge in [0.25, 0.3) is 0 Å². The van der Waals surface area contributed by atoms with E-state index in [-0.39, 0.29) is 102 Å². The fourth-order valence-electron chi connectivity index (χ4n) is 15.1. The van der Waals surface area contributed by atoms with Crippen LogP contribution in [0.2, 0.25) is 0 Å². The van der Waals surface area contributed by atoms with Gasteiger partial charge in [0.1, 0.15) is 102 Å². The Hall–Kier alpha value is -14.1. The van der Waals surface area contributed by atoms with Gasteiger partial charge in [-0.25, -0.2) is 9.78 Å². The van der Waals surface area contributed by atoms with Crippen molar-refractivity contribution in [2.45, 2.75) is 297 Å². The number of H-pyrrole nitrogens is 2. The zero-order valence-corrected chi connectivity index (χ0v) is 83.2. The van der Waals surface area contributed by atoms with Gasteiger partial charge in [-0.15, -0.1) is 0 Å². The van der Waals surface area contributed by atoms with Crippen LogP contribution in [0.1, 0.15) is 197 Å². The quantitative estimate of drug-likeness (QED) is 0.0241. The van der Waals surface area contributed by atoms with Crippen LogP contribution >= 0.6 is 11.8 Å². The maximum atomic E-state index is 15.1. The molecule has 2 heterocycles. The molecule has 25 N–H and O–H groups in total. The van der Waals surface area contributed by atoms with Crippen molar-refractivity contribution in [3.63, 3.8) is 0 Å². The fraction of sp³-hybridized carbons (Fsp3) is 0.557. The van der Waals surface area contributed by atoms with Gasteiger partial charge in [-0.05, 0) is 142 Å². The number of aromatic nitrogens is 3. The first kappa shape index (κ1) is 121. The van der Waals surface area contributed by atoms with Gasteiger partial charge in [0.2, 0.25) is 94.5 Å². The van der Waals surface area contributed by atoms with Gasteiger partial charge < -0.3 is 126 Å². The molecule has 0 fully saturated rings. The van der Waals surface area contributed by atoms with Crippen molar-refractivity contribution in [2.24, 2.45) is 35.3 Å². The third kappa shape index (κ3) is 41.6. The number of carboxylic acids is 4. The number of carbonyl (C=O) groups excluding carboxylic acids is 16. The number of para-hydroxylation sites is 1. The lowest BCUT2D eigenvalue weighted by molar-refractivity contribution is -0.143. The standard InChI is InChI=1S/C96H140N20O25S.CH4/c1-15-52(9)79(94(138)113-74(96(140)141)42-59-46-99-63-27-21-20-26-62(59)63)116-95(139)80(53(10)16-2)115-92(136)73(45-77(123)124)111-88(132)68(39-50(5)6)108-90(134)71(43-60-47-98-48-100-60)107-81(125)54(11)102-86(130)69(40-57-24-18-17-19-25-57)109-89(133)70(41-58-29-31-61(118)32-30-58)112-93(137)78(51(7)8)114-82(126)55(12)101-83(127)65(33-34-75(119)120)105-84(128)64(28-22-23-36-97)104-91(135)72(44-76(121)122)110-85(129)66(35-37-142-14)106-87(131)67(38-49(3)4)103-56(13)117;/h17-21,24-27,29-32,46-55,64-74,78-80,99,118H,15-16,22-23,28,33-45,97H2,1-14H3,(H,98,100)(H,101,127)(H,102,130)(H,103,117)(H,104,135)(H,105,128)(H,106,131)(H,107,125)(H,108,134)(H,109,133)(H,110,129)(H,111,132)(H,112,137)(H,113,138)(H,114,126)(H,115,136)(H,116,139)(H,119,120)(H,121,122)(H,123,124)(H,140,141);1H4. The smallest absolute Gasteiger partial charge is 0.326 e. The number of benzene rings is 3. The number of carboxylic acid groups (broad SMARTS) is 4. The molecule has 0 radical (unpaired) electrons. The first-order valence-corrected chi connectivity index (χ1v) is 48.7. The summed E-state index contributed by atoms with van der Waals surface area (Å²) in [4.78, 5) is 288. The molecule has 0 aliphatic heterocycles. The molecule has 143 heavy (non-hydrogen) atoms. The Balaban J connectivity index is 0.0000426. The summed E-state index contributed by atoms with van der Waals surface area (Å²) in [6.07, 6.45) is 2.16. The Labute approximate surface area is 834 Å². The Kier molecular flexibility index (Phi) is 51.6. The minimum atomic E-state index is -1.92. The summed E-state index contributed by atoms with van der Waals surface area (Å²) < 4.78 is 0. The Morgan fingerprint density at radius 2 is 0.783 bits per heavy atom. The number of nitrogens with two attached hydrogens (primary N) is 1. The first-order valence-electron chi connectivity index (χ1n) is 47.3. The summed E-state index contributed by atoms with van der Waals surface area (Å²) in [6.45, 7) is 20.5. The molecule has 16 amide bonds. The van der Waals surface area contributed by atoms with Crippen molar-refractivity contribution in [2.75, 3.05) is 18.6 Å². The predicted molar refractivity (Wildman–Crippen MR) is 528 cm³/mol. The molecule has 18 unspecified atom stereocenters. The van der Waals surface area contributed by atoms with E-state index >= 15 is 4.79 Å². The van der Waals surface area contributed by atoms with Gasteiger partial charge in [-0.3, -0.25) is 91.1 Å². The Morgan fingerprint density at radius 1 is 0.392 bits per heavy atom. The van der Waals surface area contributed by atoms with Gasteiger partial charge >= 0.3 is 23.9 Å². The van der Waals surface area contributed by atoms with Gasteiger partial charge in [0, 0.05) is 68.0 Å². The average Bonchev–Trinajstić information content (AvgIpc) is 1.68. The number of aromatic hydroxyl groups is 1. The zero-order chi connectivity index (χ0) is 106. The molecule has 0 aliphatic carbocycles. The van der Waals surface area contributed by atoms with Crippen molar-refractivity contribution in [1.82, 2.24) is 100 Å². The van der Waals surface area contributed by atoms with Crippen LogP contribution in [0.15, 0.2) is 97.6 Å². The lowest BCUT2D eigenvalue weighted by Gasteiger charge is -2.31. The van der Waals surface area contributed by atoms with Crippen LogP contribution in [0, 0.1) is 29.6 Å². The number of amides is 16. The molecule has 5 rings (SSSR count). The Bertz CT molecular complexity index is 5120. The number of nitrogens with one attached hydrogen (secondary N) is 18. The highest BCUT2D eigenvalue weighted by molar-refractivity contribution is 7.98. The van der Waals surface area contributed by atoms with Crippen LogP contribution in [0.25, 0.3) is 10.9 Å². The normalized spacial score (nSPS) is 15.0. The van der Waals surface area contributed by atoms with E-state index in [1.165, 1.54) is 83.2 Å². The molecule has 46 heteroatoms. The summed E-state index contributed by atoms with van der Waals surface area (Å²) in [5.41, 5.74) is 8.19.